The number of nitrogens with zero attached hydrogens (tertiary/aromatic N) is 1. The summed E-state index contributed by atoms with van der Waals surface area (Å²) in [7, 11) is 1.29. The van der Waals surface area contributed by atoms with Crippen molar-refractivity contribution in [3.63, 3.8) is 0 Å². The van der Waals surface area contributed by atoms with E-state index in [1.54, 1.807) is 31.2 Å². The quantitative estimate of drug-likeness (QED) is 0.792. The van der Waals surface area contributed by atoms with Gasteiger partial charge in [-0.1, -0.05) is 12.1 Å². The molecule has 1 N–H and O–H groups in total. The largest absolute Gasteiger partial charge is 0.468 e. The number of benzene rings is 1. The highest BCUT2D eigenvalue weighted by Crippen LogP contribution is 2.08. The van der Waals surface area contributed by atoms with Crippen molar-refractivity contribution in [2.45, 2.75) is 20.4 Å². The molecule has 1 aromatic carbocycles. The molecule has 0 unspecified atom stereocenters. The van der Waals surface area contributed by atoms with Crippen LogP contribution in [-0.2, 0) is 20.9 Å². The van der Waals surface area contributed by atoms with Crippen molar-refractivity contribution in [2.24, 2.45) is 0 Å². The van der Waals surface area contributed by atoms with Crippen molar-refractivity contribution in [1.82, 2.24) is 10.2 Å². The minimum absolute atomic E-state index is 0.0700. The summed E-state index contributed by atoms with van der Waals surface area (Å²) in [6.45, 7) is 4.01. The highest BCUT2D eigenvalue weighted by molar-refractivity contribution is 5.96. The minimum Gasteiger partial charge on any atom is -0.468 e. The number of amides is 2. The van der Waals surface area contributed by atoms with E-state index in [-0.39, 0.29) is 18.4 Å². The molecular weight excluding hydrogens is 272 g/mol. The van der Waals surface area contributed by atoms with Gasteiger partial charge in [0, 0.05) is 25.6 Å². The summed E-state index contributed by atoms with van der Waals surface area (Å²) in [6, 6.07) is 6.91. The van der Waals surface area contributed by atoms with Gasteiger partial charge in [-0.25, -0.2) is 0 Å². The van der Waals surface area contributed by atoms with Crippen LogP contribution >= 0.6 is 0 Å². The topological polar surface area (TPSA) is 75.7 Å². The molecule has 0 aliphatic heterocycles. The standard InChI is InChI=1S/C15H20N2O4/c1-4-17(10-14(19)21-3)15(20)13-7-5-12(6-8-13)9-16-11(2)18/h5-8H,4,9-10H2,1-3H3,(H,16,18). The van der Waals surface area contributed by atoms with Gasteiger partial charge in [0.25, 0.3) is 5.91 Å². The third kappa shape index (κ3) is 5.25. The Morgan fingerprint density at radius 2 is 1.81 bits per heavy atom. The zero-order valence-electron chi connectivity index (χ0n) is 12.5. The van der Waals surface area contributed by atoms with E-state index in [4.69, 9.17) is 0 Å². The van der Waals surface area contributed by atoms with Gasteiger partial charge in [-0.05, 0) is 24.6 Å². The number of nitrogens with one attached hydrogen (secondary N) is 1. The number of likely N-dealkylation sites (N-methyl/N-ethyl adjacent to an activating group) is 1. The van der Waals surface area contributed by atoms with Gasteiger partial charge in [-0.2, -0.15) is 0 Å². The molecule has 2 amide bonds. The van der Waals surface area contributed by atoms with Crippen LogP contribution < -0.4 is 5.32 Å². The van der Waals surface area contributed by atoms with Crippen molar-refractivity contribution in [2.75, 3.05) is 20.2 Å². The fourth-order valence-corrected chi connectivity index (χ4v) is 1.72. The van der Waals surface area contributed by atoms with E-state index in [0.717, 1.165) is 5.56 Å². The lowest BCUT2D eigenvalue weighted by molar-refractivity contribution is -0.141. The molecule has 0 saturated carbocycles. The van der Waals surface area contributed by atoms with Gasteiger partial charge >= 0.3 is 5.97 Å². The maximum atomic E-state index is 12.3. The summed E-state index contributed by atoms with van der Waals surface area (Å²) in [4.78, 5) is 35.8. The predicted octanol–water partition coefficient (Wildman–Crippen LogP) is 0.958. The number of hydrogen-bond acceptors (Lipinski definition) is 4. The maximum absolute atomic E-state index is 12.3. The number of carbonyl (C=O) groups excluding carboxylic acids is 3. The SMILES string of the molecule is CCN(CC(=O)OC)C(=O)c1ccc(CNC(C)=O)cc1. The lowest BCUT2D eigenvalue weighted by Crippen LogP contribution is -2.36. The highest BCUT2D eigenvalue weighted by atomic mass is 16.5. The molecule has 0 aliphatic rings. The Labute approximate surface area is 124 Å². The first-order valence-electron chi connectivity index (χ1n) is 6.67. The second kappa shape index (κ2) is 8.04. The number of carbonyl (C=O) groups is 3. The van der Waals surface area contributed by atoms with Crippen LogP contribution in [0.5, 0.6) is 0 Å². The Morgan fingerprint density at radius 3 is 2.29 bits per heavy atom. The van der Waals surface area contributed by atoms with Gasteiger partial charge in [0.15, 0.2) is 0 Å². The first-order valence-corrected chi connectivity index (χ1v) is 6.67. The third-order valence-electron chi connectivity index (χ3n) is 2.96. The van der Waals surface area contributed by atoms with Gasteiger partial charge in [0.05, 0.1) is 7.11 Å². The second-order valence-corrected chi connectivity index (χ2v) is 4.50. The van der Waals surface area contributed by atoms with Crippen molar-refractivity contribution >= 4 is 17.8 Å². The molecule has 6 nitrogen and oxygen atoms in total. The fourth-order valence-electron chi connectivity index (χ4n) is 1.72. The molecule has 1 aromatic rings. The van der Waals surface area contributed by atoms with E-state index in [2.05, 4.69) is 10.1 Å². The summed E-state index contributed by atoms with van der Waals surface area (Å²) >= 11 is 0. The van der Waals surface area contributed by atoms with Crippen molar-refractivity contribution < 1.29 is 19.1 Å². The first-order chi connectivity index (χ1) is 9.97. The summed E-state index contributed by atoms with van der Waals surface area (Å²) in [5.74, 6) is -0.785. The Morgan fingerprint density at radius 1 is 1.19 bits per heavy atom. The predicted molar refractivity (Wildman–Crippen MR) is 77.6 cm³/mol. The number of rotatable bonds is 6. The van der Waals surface area contributed by atoms with E-state index in [9.17, 15) is 14.4 Å². The fraction of sp³-hybridized carbons (Fsp3) is 0.400. The number of hydrogen-bond donors (Lipinski definition) is 1. The lowest BCUT2D eigenvalue weighted by Gasteiger charge is -2.19. The molecule has 0 spiro atoms. The Bertz CT molecular complexity index is 511. The van der Waals surface area contributed by atoms with Crippen LogP contribution in [0.1, 0.15) is 29.8 Å². The van der Waals surface area contributed by atoms with Crippen LogP contribution in [0.15, 0.2) is 24.3 Å². The van der Waals surface area contributed by atoms with Crippen molar-refractivity contribution in [3.05, 3.63) is 35.4 Å². The Kier molecular flexibility index (Phi) is 6.39. The lowest BCUT2D eigenvalue weighted by atomic mass is 10.1. The molecule has 0 fully saturated rings. The smallest absolute Gasteiger partial charge is 0.325 e. The Balaban J connectivity index is 2.72. The summed E-state index contributed by atoms with van der Waals surface area (Å²) < 4.78 is 4.57. The highest BCUT2D eigenvalue weighted by Gasteiger charge is 2.17. The average molecular weight is 292 g/mol. The van der Waals surface area contributed by atoms with Crippen LogP contribution in [-0.4, -0.2) is 42.9 Å². The van der Waals surface area contributed by atoms with Crippen LogP contribution in [0.2, 0.25) is 0 Å². The van der Waals surface area contributed by atoms with Crippen LogP contribution in [0.25, 0.3) is 0 Å². The molecule has 0 heterocycles. The number of methoxy groups -OCH3 is 1. The summed E-state index contributed by atoms with van der Waals surface area (Å²) in [5, 5.41) is 2.68. The van der Waals surface area contributed by atoms with E-state index >= 15 is 0 Å². The Hall–Kier alpha value is -2.37. The number of esters is 1. The molecular formula is C15H20N2O4. The first kappa shape index (κ1) is 16.7. The summed E-state index contributed by atoms with van der Waals surface area (Å²) in [5.41, 5.74) is 1.39. The van der Waals surface area contributed by atoms with Crippen LogP contribution in [0.3, 0.4) is 0 Å². The van der Waals surface area contributed by atoms with E-state index in [0.29, 0.717) is 18.7 Å². The average Bonchev–Trinajstić information content (AvgIpc) is 2.50. The van der Waals surface area contributed by atoms with Gasteiger partial charge in [-0.15, -0.1) is 0 Å². The molecule has 1 rings (SSSR count). The van der Waals surface area contributed by atoms with E-state index in [1.165, 1.54) is 18.9 Å². The monoisotopic (exact) mass is 292 g/mol. The second-order valence-electron chi connectivity index (χ2n) is 4.50. The minimum atomic E-state index is -0.451. The zero-order valence-corrected chi connectivity index (χ0v) is 12.5. The van der Waals surface area contributed by atoms with Gasteiger partial charge in [-0.3, -0.25) is 14.4 Å². The molecule has 6 heteroatoms. The van der Waals surface area contributed by atoms with Crippen LogP contribution in [0, 0.1) is 0 Å². The number of ether oxygens (including phenoxy) is 1. The molecule has 0 radical (unpaired) electrons. The zero-order chi connectivity index (χ0) is 15.8. The molecule has 21 heavy (non-hydrogen) atoms. The molecule has 0 atom stereocenters. The maximum Gasteiger partial charge on any atom is 0.325 e. The molecule has 0 aliphatic carbocycles. The van der Waals surface area contributed by atoms with E-state index in [1.807, 2.05) is 0 Å². The normalized spacial score (nSPS) is 9.86. The van der Waals surface area contributed by atoms with Gasteiger partial charge in [0.1, 0.15) is 6.54 Å². The third-order valence-corrected chi connectivity index (χ3v) is 2.96. The van der Waals surface area contributed by atoms with Crippen LogP contribution in [0.4, 0.5) is 0 Å². The molecule has 0 saturated heterocycles. The van der Waals surface area contributed by atoms with Crippen molar-refractivity contribution in [3.8, 4) is 0 Å². The molecule has 0 aromatic heterocycles. The molecule has 114 valence electrons. The van der Waals surface area contributed by atoms with Gasteiger partial charge in [0.2, 0.25) is 5.91 Å². The van der Waals surface area contributed by atoms with Crippen molar-refractivity contribution in [1.29, 1.82) is 0 Å². The summed E-state index contributed by atoms with van der Waals surface area (Å²) in [6.07, 6.45) is 0. The van der Waals surface area contributed by atoms with Gasteiger partial charge < -0.3 is 15.0 Å². The van der Waals surface area contributed by atoms with E-state index < -0.39 is 5.97 Å². The molecule has 0 bridgehead atoms.